The van der Waals surface area contributed by atoms with E-state index in [1.807, 2.05) is 0 Å². The van der Waals surface area contributed by atoms with Gasteiger partial charge >= 0.3 is 0 Å². The van der Waals surface area contributed by atoms with Crippen LogP contribution in [0.1, 0.15) is 49.8 Å². The van der Waals surface area contributed by atoms with Crippen molar-refractivity contribution >= 4 is 5.69 Å². The predicted octanol–water partition coefficient (Wildman–Crippen LogP) is 3.18. The van der Waals surface area contributed by atoms with E-state index in [2.05, 4.69) is 51.8 Å². The number of hydrogen-bond donors (Lipinski definition) is 1. The van der Waals surface area contributed by atoms with E-state index in [9.17, 15) is 0 Å². The number of aryl methyl sites for hydroxylation is 1. The lowest BCUT2D eigenvalue weighted by Gasteiger charge is -2.45. The molecule has 0 amide bonds. The van der Waals surface area contributed by atoms with Crippen LogP contribution in [0.15, 0.2) is 12.1 Å². The third-order valence-electron chi connectivity index (χ3n) is 4.31. The first-order valence-corrected chi connectivity index (χ1v) is 6.44. The molecule has 1 heterocycles. The molecule has 0 fully saturated rings. The molecule has 2 rings (SSSR count). The maximum Gasteiger partial charge on any atom is 0.0406 e. The van der Waals surface area contributed by atoms with Crippen molar-refractivity contribution in [3.63, 3.8) is 0 Å². The molecule has 0 bridgehead atoms. The van der Waals surface area contributed by atoms with Crippen LogP contribution in [0.25, 0.3) is 0 Å². The summed E-state index contributed by atoms with van der Waals surface area (Å²) < 4.78 is 0. The van der Waals surface area contributed by atoms with Crippen LogP contribution in [0.4, 0.5) is 5.69 Å². The number of rotatable bonds is 1. The Morgan fingerprint density at radius 3 is 2.65 bits per heavy atom. The Bertz CT molecular complexity index is 435. The lowest BCUT2D eigenvalue weighted by molar-refractivity contribution is 0.395. The number of benzene rings is 1. The molecule has 0 aliphatic carbocycles. The molecule has 2 heteroatoms. The smallest absolute Gasteiger partial charge is 0.0406 e. The molecule has 1 aromatic rings. The van der Waals surface area contributed by atoms with Crippen molar-refractivity contribution in [3.8, 4) is 0 Å². The topological polar surface area (TPSA) is 29.3 Å². The van der Waals surface area contributed by atoms with E-state index < -0.39 is 0 Å². The third kappa shape index (κ3) is 1.95. The normalized spacial score (nSPS) is 22.5. The molecule has 1 aromatic carbocycles. The van der Waals surface area contributed by atoms with Crippen LogP contribution in [0, 0.1) is 6.92 Å². The Kier molecular flexibility index (Phi) is 2.94. The predicted molar refractivity (Wildman–Crippen MR) is 74.6 cm³/mol. The Morgan fingerprint density at radius 2 is 2.06 bits per heavy atom. The molecule has 94 valence electrons. The molecule has 2 N–H and O–H groups in total. The first kappa shape index (κ1) is 12.4. The molecular weight excluding hydrogens is 208 g/mol. The van der Waals surface area contributed by atoms with Crippen LogP contribution < -0.4 is 10.6 Å². The standard InChI is InChI=1S/C15H24N2/c1-10-6-14-13(7-12(10)9-16)11(2)8-15(3,4)17(14)5/h6-7,11H,8-9,16H2,1-5H3/t11-/m1/s1. The van der Waals surface area contributed by atoms with Crippen molar-refractivity contribution in [2.75, 3.05) is 11.9 Å². The largest absolute Gasteiger partial charge is 0.369 e. The second-order valence-electron chi connectivity index (χ2n) is 6.02. The second-order valence-corrected chi connectivity index (χ2v) is 6.02. The quantitative estimate of drug-likeness (QED) is 0.806. The molecule has 0 aromatic heterocycles. The molecule has 1 aliphatic rings. The van der Waals surface area contributed by atoms with Crippen LogP contribution in [0.3, 0.4) is 0 Å². The number of fused-ring (bicyclic) bond motifs is 1. The molecule has 17 heavy (non-hydrogen) atoms. The van der Waals surface area contributed by atoms with E-state index in [-0.39, 0.29) is 5.54 Å². The zero-order valence-corrected chi connectivity index (χ0v) is 11.7. The van der Waals surface area contributed by atoms with Gasteiger partial charge in [-0.25, -0.2) is 0 Å². The highest BCUT2D eigenvalue weighted by atomic mass is 15.2. The number of nitrogens with two attached hydrogens (primary N) is 1. The van der Waals surface area contributed by atoms with Gasteiger partial charge in [-0.15, -0.1) is 0 Å². The van der Waals surface area contributed by atoms with Crippen LogP contribution in [0.2, 0.25) is 0 Å². The molecule has 2 nitrogen and oxygen atoms in total. The van der Waals surface area contributed by atoms with Crippen molar-refractivity contribution in [3.05, 3.63) is 28.8 Å². The number of hydrogen-bond acceptors (Lipinski definition) is 2. The maximum absolute atomic E-state index is 5.80. The molecule has 0 unspecified atom stereocenters. The molecule has 1 aliphatic heterocycles. The van der Waals surface area contributed by atoms with E-state index >= 15 is 0 Å². The Labute approximate surface area is 105 Å². The zero-order chi connectivity index (χ0) is 12.8. The van der Waals surface area contributed by atoms with Crippen LogP contribution in [-0.4, -0.2) is 12.6 Å². The van der Waals surface area contributed by atoms with Gasteiger partial charge in [-0.2, -0.15) is 0 Å². The minimum Gasteiger partial charge on any atom is -0.369 e. The minimum absolute atomic E-state index is 0.239. The van der Waals surface area contributed by atoms with Gasteiger partial charge in [0.1, 0.15) is 0 Å². The lowest BCUT2D eigenvalue weighted by atomic mass is 9.79. The summed E-state index contributed by atoms with van der Waals surface area (Å²) in [6.07, 6.45) is 1.20. The summed E-state index contributed by atoms with van der Waals surface area (Å²) >= 11 is 0. The average Bonchev–Trinajstić information content (AvgIpc) is 2.25. The van der Waals surface area contributed by atoms with E-state index in [4.69, 9.17) is 5.73 Å². The average molecular weight is 232 g/mol. The summed E-state index contributed by atoms with van der Waals surface area (Å²) in [6.45, 7) is 9.75. The minimum atomic E-state index is 0.239. The van der Waals surface area contributed by atoms with Crippen LogP contribution >= 0.6 is 0 Å². The van der Waals surface area contributed by atoms with E-state index in [1.54, 1.807) is 0 Å². The SMILES string of the molecule is Cc1cc2c(cc1CN)[C@H](C)CC(C)(C)N2C. The van der Waals surface area contributed by atoms with Crippen LogP contribution in [-0.2, 0) is 6.54 Å². The fourth-order valence-electron chi connectivity index (χ4n) is 2.98. The molecule has 0 saturated heterocycles. The highest BCUT2D eigenvalue weighted by molar-refractivity contribution is 5.62. The maximum atomic E-state index is 5.80. The zero-order valence-electron chi connectivity index (χ0n) is 11.7. The van der Waals surface area contributed by atoms with Crippen molar-refractivity contribution < 1.29 is 0 Å². The molecule has 1 atom stereocenters. The van der Waals surface area contributed by atoms with Crippen molar-refractivity contribution in [1.29, 1.82) is 0 Å². The van der Waals surface area contributed by atoms with Crippen molar-refractivity contribution in [1.82, 2.24) is 0 Å². The lowest BCUT2D eigenvalue weighted by Crippen LogP contribution is -2.45. The molecule has 0 saturated carbocycles. The summed E-state index contributed by atoms with van der Waals surface area (Å²) in [5.41, 5.74) is 11.5. The number of nitrogens with zero attached hydrogens (tertiary/aromatic N) is 1. The summed E-state index contributed by atoms with van der Waals surface area (Å²) in [5, 5.41) is 0. The third-order valence-corrected chi connectivity index (χ3v) is 4.31. The fraction of sp³-hybridized carbons (Fsp3) is 0.600. The van der Waals surface area contributed by atoms with Crippen LogP contribution in [0.5, 0.6) is 0 Å². The van der Waals surface area contributed by atoms with Crippen molar-refractivity contribution in [2.45, 2.75) is 52.1 Å². The van der Waals surface area contributed by atoms with Gasteiger partial charge < -0.3 is 10.6 Å². The van der Waals surface area contributed by atoms with Gasteiger partial charge in [0.2, 0.25) is 0 Å². The molecule has 0 spiro atoms. The fourth-order valence-corrected chi connectivity index (χ4v) is 2.98. The Morgan fingerprint density at radius 1 is 1.41 bits per heavy atom. The molecular formula is C15H24N2. The van der Waals surface area contributed by atoms with Gasteiger partial charge in [0.05, 0.1) is 0 Å². The monoisotopic (exact) mass is 232 g/mol. The van der Waals surface area contributed by atoms with Gasteiger partial charge in [-0.05, 0) is 55.9 Å². The highest BCUT2D eigenvalue weighted by Crippen LogP contribution is 2.43. The first-order chi connectivity index (χ1) is 7.86. The van der Waals surface area contributed by atoms with Gasteiger partial charge in [0, 0.05) is 24.8 Å². The number of anilines is 1. The second kappa shape index (κ2) is 4.02. The van der Waals surface area contributed by atoms with Crippen molar-refractivity contribution in [2.24, 2.45) is 5.73 Å². The van der Waals surface area contributed by atoms with E-state index in [1.165, 1.54) is 28.8 Å². The summed E-state index contributed by atoms with van der Waals surface area (Å²) in [5.74, 6) is 0.613. The van der Waals surface area contributed by atoms with Gasteiger partial charge in [-0.1, -0.05) is 13.0 Å². The summed E-state index contributed by atoms with van der Waals surface area (Å²) in [4.78, 5) is 2.41. The Balaban J connectivity index is 2.57. The summed E-state index contributed by atoms with van der Waals surface area (Å²) in [6, 6.07) is 4.61. The van der Waals surface area contributed by atoms with Gasteiger partial charge in [-0.3, -0.25) is 0 Å². The molecule has 0 radical (unpaired) electrons. The van der Waals surface area contributed by atoms with E-state index in [0.717, 1.165) is 0 Å². The summed E-state index contributed by atoms with van der Waals surface area (Å²) in [7, 11) is 2.20. The highest BCUT2D eigenvalue weighted by Gasteiger charge is 2.34. The van der Waals surface area contributed by atoms with Gasteiger partial charge in [0.25, 0.3) is 0 Å². The Hall–Kier alpha value is -1.02. The van der Waals surface area contributed by atoms with E-state index in [0.29, 0.717) is 12.5 Å². The first-order valence-electron chi connectivity index (χ1n) is 6.44. The van der Waals surface area contributed by atoms with Gasteiger partial charge in [0.15, 0.2) is 0 Å².